The number of furan rings is 1. The van der Waals surface area contributed by atoms with Crippen molar-refractivity contribution >= 4 is 33.3 Å². The van der Waals surface area contributed by atoms with Crippen LogP contribution < -0.4 is 5.32 Å². The minimum absolute atomic E-state index is 0.101. The molecule has 1 aliphatic rings. The second kappa shape index (κ2) is 8.01. The molecule has 0 saturated carbocycles. The number of nitrogens with one attached hydrogen (secondary N) is 1. The summed E-state index contributed by atoms with van der Waals surface area (Å²) in [7, 11) is 0. The third kappa shape index (κ3) is 3.56. The van der Waals surface area contributed by atoms with E-state index in [-0.39, 0.29) is 17.9 Å². The Morgan fingerprint density at radius 1 is 1.25 bits per heavy atom. The van der Waals surface area contributed by atoms with E-state index in [1.807, 2.05) is 30.3 Å². The van der Waals surface area contributed by atoms with Gasteiger partial charge in [0.05, 0.1) is 11.7 Å². The molecule has 2 aromatic heterocycles. The van der Waals surface area contributed by atoms with Crippen molar-refractivity contribution in [3.05, 3.63) is 76.5 Å². The molecule has 0 spiro atoms. The lowest BCUT2D eigenvalue weighted by Crippen LogP contribution is -2.30. The lowest BCUT2D eigenvalue weighted by Gasteiger charge is -2.25. The van der Waals surface area contributed by atoms with Crippen molar-refractivity contribution in [2.45, 2.75) is 25.4 Å². The van der Waals surface area contributed by atoms with Crippen LogP contribution in [0.25, 0.3) is 11.3 Å². The predicted molar refractivity (Wildman–Crippen MR) is 114 cm³/mol. The van der Waals surface area contributed by atoms with E-state index in [2.05, 4.69) is 38.1 Å². The van der Waals surface area contributed by atoms with Crippen molar-refractivity contribution in [3.63, 3.8) is 0 Å². The van der Waals surface area contributed by atoms with Crippen molar-refractivity contribution in [2.75, 3.05) is 6.54 Å². The standard InChI is InChI=1S/C21H19BrFN3OS/c1-2-11-26-20(19(25-21(26)28)16-5-3-4-10-24-16)18-9-8-17(27-18)14-7-6-13(23)12-15(14)22/h3-10,12,19-20H,2,11H2,1H3,(H,25,28)/t19-,20-/m1/s1. The van der Waals surface area contributed by atoms with Gasteiger partial charge in [-0.05, 0) is 77.0 Å². The monoisotopic (exact) mass is 459 g/mol. The Hall–Kier alpha value is -2.25. The van der Waals surface area contributed by atoms with Gasteiger partial charge in [-0.1, -0.05) is 13.0 Å². The van der Waals surface area contributed by atoms with Gasteiger partial charge in [0.2, 0.25) is 0 Å². The van der Waals surface area contributed by atoms with Crippen molar-refractivity contribution in [1.82, 2.24) is 15.2 Å². The van der Waals surface area contributed by atoms with Gasteiger partial charge in [-0.3, -0.25) is 4.98 Å². The first kappa shape index (κ1) is 19.1. The number of rotatable bonds is 5. The third-order valence-electron chi connectivity index (χ3n) is 4.78. The molecule has 1 aliphatic heterocycles. The highest BCUT2D eigenvalue weighted by atomic mass is 79.9. The van der Waals surface area contributed by atoms with Crippen molar-refractivity contribution < 1.29 is 8.81 Å². The van der Waals surface area contributed by atoms with Gasteiger partial charge in [0.1, 0.15) is 23.4 Å². The normalized spacial score (nSPS) is 19.1. The summed E-state index contributed by atoms with van der Waals surface area (Å²) < 4.78 is 20.3. The number of aromatic nitrogens is 1. The maximum Gasteiger partial charge on any atom is 0.170 e. The second-order valence-electron chi connectivity index (χ2n) is 6.65. The molecule has 1 saturated heterocycles. The molecule has 0 unspecified atom stereocenters. The summed E-state index contributed by atoms with van der Waals surface area (Å²) in [6.45, 7) is 2.94. The Morgan fingerprint density at radius 2 is 2.11 bits per heavy atom. The Balaban J connectivity index is 1.73. The SMILES string of the molecule is CCCN1C(=S)N[C@H](c2ccccn2)[C@H]1c1ccc(-c2ccc(F)cc2Br)o1. The lowest BCUT2D eigenvalue weighted by molar-refractivity contribution is 0.275. The van der Waals surface area contributed by atoms with E-state index in [0.717, 1.165) is 30.0 Å². The summed E-state index contributed by atoms with van der Waals surface area (Å²) in [5, 5.41) is 4.10. The summed E-state index contributed by atoms with van der Waals surface area (Å²) in [4.78, 5) is 6.66. The summed E-state index contributed by atoms with van der Waals surface area (Å²) in [5.74, 6) is 1.18. The molecular weight excluding hydrogens is 441 g/mol. The Morgan fingerprint density at radius 3 is 2.82 bits per heavy atom. The molecule has 1 N–H and O–H groups in total. The van der Waals surface area contributed by atoms with Gasteiger partial charge in [-0.2, -0.15) is 0 Å². The molecule has 1 aromatic carbocycles. The average molecular weight is 460 g/mol. The maximum atomic E-state index is 13.4. The summed E-state index contributed by atoms with van der Waals surface area (Å²) in [5.41, 5.74) is 1.71. The number of pyridine rings is 1. The topological polar surface area (TPSA) is 41.3 Å². The molecule has 4 nitrogen and oxygen atoms in total. The zero-order chi connectivity index (χ0) is 19.7. The molecule has 144 valence electrons. The quantitative estimate of drug-likeness (QED) is 0.501. The van der Waals surface area contributed by atoms with Crippen molar-refractivity contribution in [2.24, 2.45) is 0 Å². The molecule has 3 aromatic rings. The molecule has 2 atom stereocenters. The highest BCUT2D eigenvalue weighted by Crippen LogP contribution is 2.41. The van der Waals surface area contributed by atoms with Crippen LogP contribution in [-0.2, 0) is 0 Å². The van der Waals surface area contributed by atoms with Crippen LogP contribution in [-0.4, -0.2) is 21.5 Å². The van der Waals surface area contributed by atoms with Crippen LogP contribution in [0.4, 0.5) is 4.39 Å². The molecular formula is C21H19BrFN3OS. The van der Waals surface area contributed by atoms with Gasteiger partial charge in [0.15, 0.2) is 5.11 Å². The van der Waals surface area contributed by atoms with Crippen LogP contribution in [0.3, 0.4) is 0 Å². The number of benzene rings is 1. The number of hydrogen-bond acceptors (Lipinski definition) is 3. The van der Waals surface area contributed by atoms with Crippen LogP contribution in [0, 0.1) is 5.82 Å². The zero-order valence-corrected chi connectivity index (χ0v) is 17.6. The fraction of sp³-hybridized carbons (Fsp3) is 0.238. The van der Waals surface area contributed by atoms with E-state index in [1.165, 1.54) is 12.1 Å². The Kier molecular flexibility index (Phi) is 5.46. The maximum absolute atomic E-state index is 13.4. The predicted octanol–water partition coefficient (Wildman–Crippen LogP) is 5.63. The zero-order valence-electron chi connectivity index (χ0n) is 15.2. The second-order valence-corrected chi connectivity index (χ2v) is 7.89. The summed E-state index contributed by atoms with van der Waals surface area (Å²) in [6.07, 6.45) is 2.74. The van der Waals surface area contributed by atoms with Crippen LogP contribution in [0.2, 0.25) is 0 Å². The first-order chi connectivity index (χ1) is 13.6. The molecule has 28 heavy (non-hydrogen) atoms. The first-order valence-corrected chi connectivity index (χ1v) is 10.3. The van der Waals surface area contributed by atoms with Gasteiger partial charge in [-0.15, -0.1) is 0 Å². The van der Waals surface area contributed by atoms with E-state index in [0.29, 0.717) is 15.3 Å². The number of nitrogens with zero attached hydrogens (tertiary/aromatic N) is 2. The van der Waals surface area contributed by atoms with E-state index in [1.54, 1.807) is 12.3 Å². The van der Waals surface area contributed by atoms with Crippen molar-refractivity contribution in [3.8, 4) is 11.3 Å². The number of hydrogen-bond donors (Lipinski definition) is 1. The van der Waals surface area contributed by atoms with E-state index in [4.69, 9.17) is 16.6 Å². The fourth-order valence-corrected chi connectivity index (χ4v) is 4.42. The van der Waals surface area contributed by atoms with Crippen LogP contribution >= 0.6 is 28.1 Å². The largest absolute Gasteiger partial charge is 0.459 e. The molecule has 4 rings (SSSR count). The Labute approximate surface area is 176 Å². The van der Waals surface area contributed by atoms with Gasteiger partial charge < -0.3 is 14.6 Å². The van der Waals surface area contributed by atoms with Crippen molar-refractivity contribution in [1.29, 1.82) is 0 Å². The van der Waals surface area contributed by atoms with E-state index in [9.17, 15) is 4.39 Å². The highest BCUT2D eigenvalue weighted by molar-refractivity contribution is 9.10. The smallest absolute Gasteiger partial charge is 0.170 e. The van der Waals surface area contributed by atoms with Crippen LogP contribution in [0.15, 0.2) is 63.6 Å². The summed E-state index contributed by atoms with van der Waals surface area (Å²) in [6, 6.07) is 14.1. The van der Waals surface area contributed by atoms with Gasteiger partial charge in [0.25, 0.3) is 0 Å². The third-order valence-corrected chi connectivity index (χ3v) is 5.79. The molecule has 0 radical (unpaired) electrons. The lowest BCUT2D eigenvalue weighted by atomic mass is 10.0. The minimum Gasteiger partial charge on any atom is -0.459 e. The fourth-order valence-electron chi connectivity index (χ4n) is 3.54. The highest BCUT2D eigenvalue weighted by Gasteiger charge is 2.41. The number of thiocarbonyl (C=S) groups is 1. The van der Waals surface area contributed by atoms with Gasteiger partial charge in [-0.25, -0.2) is 4.39 Å². The molecule has 0 aliphatic carbocycles. The molecule has 7 heteroatoms. The van der Waals surface area contributed by atoms with E-state index < -0.39 is 0 Å². The average Bonchev–Trinajstić information content (AvgIpc) is 3.28. The molecule has 0 amide bonds. The van der Waals surface area contributed by atoms with E-state index >= 15 is 0 Å². The first-order valence-electron chi connectivity index (χ1n) is 9.11. The van der Waals surface area contributed by atoms with Gasteiger partial charge >= 0.3 is 0 Å². The van der Waals surface area contributed by atoms with Crippen LogP contribution in [0.5, 0.6) is 0 Å². The minimum atomic E-state index is -0.294. The Bertz CT molecular complexity index is 994. The van der Waals surface area contributed by atoms with Gasteiger partial charge in [0, 0.05) is 22.8 Å². The van der Waals surface area contributed by atoms with Crippen LogP contribution in [0.1, 0.15) is 36.9 Å². The molecule has 1 fully saturated rings. The number of halogens is 2. The summed E-state index contributed by atoms with van der Waals surface area (Å²) >= 11 is 9.01. The molecule has 0 bridgehead atoms. The molecule has 3 heterocycles.